The van der Waals surface area contributed by atoms with Crippen LogP contribution in [0.15, 0.2) is 12.4 Å². The number of nitrogens with zero attached hydrogens (tertiary/aromatic N) is 6. The first-order valence-corrected chi connectivity index (χ1v) is 40.6. The fourth-order valence-corrected chi connectivity index (χ4v) is 9.80. The van der Waals surface area contributed by atoms with Gasteiger partial charge in [0.2, 0.25) is 0 Å². The van der Waals surface area contributed by atoms with E-state index < -0.39 is 61.4 Å². The Kier molecular flexibility index (Phi) is 71.4. The third kappa shape index (κ3) is 60.9. The number of aliphatic hydroxyl groups excluding tert-OH is 6. The highest BCUT2D eigenvalue weighted by atomic mass is 16.7. The van der Waals surface area contributed by atoms with Gasteiger partial charge in [-0.3, -0.25) is 0 Å². The topological polar surface area (TPSA) is 469 Å². The molecule has 0 spiro atoms. The molecule has 2 aromatic rings. The molecule has 6 N–H and O–H groups in total. The highest BCUT2D eigenvalue weighted by molar-refractivity contribution is 4.93. The molecule has 688 valence electrons. The second-order valence-electron chi connectivity index (χ2n) is 25.5. The zero-order valence-corrected chi connectivity index (χ0v) is 69.0. The number of aliphatic hydroxyl groups is 6. The lowest BCUT2D eigenvalue weighted by atomic mass is 10.0. The van der Waals surface area contributed by atoms with Crippen LogP contribution in [0.2, 0.25) is 0 Å². The first kappa shape index (κ1) is 106. The van der Waals surface area contributed by atoms with E-state index >= 15 is 0 Å². The molecular weight excluding hydrogens is 1560 g/mol. The number of ether oxygens (including phenoxy) is 31. The summed E-state index contributed by atoms with van der Waals surface area (Å²) in [6, 6.07) is 0. The van der Waals surface area contributed by atoms with Crippen LogP contribution in [0.5, 0.6) is 0 Å². The van der Waals surface area contributed by atoms with Gasteiger partial charge in [0.1, 0.15) is 48.0 Å². The molecule has 0 aromatic carbocycles. The molecule has 2 aromatic heterocycles. The van der Waals surface area contributed by atoms with Crippen molar-refractivity contribution in [1.29, 1.82) is 0 Å². The van der Waals surface area contributed by atoms with Crippen molar-refractivity contribution in [2.45, 2.75) is 102 Å². The van der Waals surface area contributed by atoms with Crippen molar-refractivity contribution in [2.75, 3.05) is 357 Å². The summed E-state index contributed by atoms with van der Waals surface area (Å²) in [5, 5.41) is 75.8. The second-order valence-corrected chi connectivity index (χ2v) is 25.5. The summed E-state index contributed by atoms with van der Waals surface area (Å²) < 4.78 is 175. The summed E-state index contributed by atoms with van der Waals surface area (Å²) in [6.45, 7) is 28.8. The van der Waals surface area contributed by atoms with E-state index in [0.717, 1.165) is 0 Å². The van der Waals surface area contributed by atoms with Crippen LogP contribution in [0.3, 0.4) is 0 Å². The van der Waals surface area contributed by atoms with Gasteiger partial charge in [0.05, 0.1) is 408 Å². The molecule has 43 heteroatoms. The number of hydrogen-bond donors (Lipinski definition) is 6. The predicted molar refractivity (Wildman–Crippen MR) is 406 cm³/mol. The molecule has 4 rings (SSSR count). The Balaban J connectivity index is 0.686. The smallest absolute Gasteiger partial charge is 0.186 e. The van der Waals surface area contributed by atoms with Gasteiger partial charge in [0.25, 0.3) is 0 Å². The summed E-state index contributed by atoms with van der Waals surface area (Å²) in [5.41, 5.74) is 1.03. The molecule has 0 amide bonds. The van der Waals surface area contributed by atoms with Gasteiger partial charge in [0.15, 0.2) is 12.6 Å². The quantitative estimate of drug-likeness (QED) is 0.0353. The Hall–Kier alpha value is -3.20. The van der Waals surface area contributed by atoms with E-state index in [1.807, 2.05) is 0 Å². The molecule has 0 aliphatic carbocycles. The lowest BCUT2D eigenvalue weighted by Gasteiger charge is -2.38. The van der Waals surface area contributed by atoms with Crippen LogP contribution in [0.4, 0.5) is 0 Å². The third-order valence-electron chi connectivity index (χ3n) is 16.2. The van der Waals surface area contributed by atoms with E-state index in [1.165, 1.54) is 0 Å². The van der Waals surface area contributed by atoms with Crippen molar-refractivity contribution in [3.8, 4) is 0 Å². The molecule has 4 unspecified atom stereocenters. The lowest BCUT2D eigenvalue weighted by Crippen LogP contribution is -2.57. The van der Waals surface area contributed by atoms with Crippen LogP contribution in [-0.4, -0.2) is 479 Å². The van der Waals surface area contributed by atoms with Gasteiger partial charge in [0, 0.05) is 0 Å². The Bertz CT molecular complexity index is 2250. The maximum absolute atomic E-state index is 10.1. The molecule has 2 aliphatic heterocycles. The minimum atomic E-state index is -1.38. The van der Waals surface area contributed by atoms with Crippen molar-refractivity contribution in [2.24, 2.45) is 0 Å². The Labute approximate surface area is 687 Å². The van der Waals surface area contributed by atoms with Crippen molar-refractivity contribution in [1.82, 2.24) is 30.0 Å². The normalized spacial score (nSPS) is 19.8. The Morgan fingerprint density at radius 2 is 0.368 bits per heavy atom. The highest BCUT2D eigenvalue weighted by Gasteiger charge is 2.43. The molecule has 0 saturated carbocycles. The van der Waals surface area contributed by atoms with Crippen molar-refractivity contribution < 1.29 is 177 Å². The van der Waals surface area contributed by atoms with Crippen LogP contribution in [-0.2, 0) is 173 Å². The van der Waals surface area contributed by atoms with E-state index in [-0.39, 0.29) is 13.2 Å². The molecule has 117 heavy (non-hydrogen) atoms. The van der Waals surface area contributed by atoms with Crippen molar-refractivity contribution in [3.05, 3.63) is 23.8 Å². The van der Waals surface area contributed by atoms with Gasteiger partial charge in [-0.1, -0.05) is 10.4 Å². The van der Waals surface area contributed by atoms with Gasteiger partial charge in [-0.2, -0.15) is 0 Å². The van der Waals surface area contributed by atoms with Gasteiger partial charge >= 0.3 is 0 Å². The van der Waals surface area contributed by atoms with Crippen LogP contribution in [0.1, 0.15) is 25.2 Å². The van der Waals surface area contributed by atoms with Crippen molar-refractivity contribution in [3.63, 3.8) is 0 Å². The molecule has 2 aliphatic rings. The van der Waals surface area contributed by atoms with Gasteiger partial charge in [-0.15, -0.1) is 10.2 Å². The molecule has 4 heterocycles. The highest BCUT2D eigenvalue weighted by Crippen LogP contribution is 2.24. The first-order chi connectivity index (χ1) is 57.6. The largest absolute Gasteiger partial charge is 0.388 e. The van der Waals surface area contributed by atoms with Crippen LogP contribution in [0, 0.1) is 0 Å². The van der Waals surface area contributed by atoms with Gasteiger partial charge in [-0.05, 0) is 13.8 Å². The maximum atomic E-state index is 10.1. The average molecular weight is 1710 g/mol. The molecule has 43 nitrogen and oxygen atoms in total. The number of rotatable bonds is 90. The minimum absolute atomic E-state index is 0.00911. The number of hydrogen-bond acceptors (Lipinski definition) is 41. The zero-order valence-electron chi connectivity index (χ0n) is 69.0. The average Bonchev–Trinajstić information content (AvgIpc) is 0.988. The zero-order chi connectivity index (χ0) is 83.3. The van der Waals surface area contributed by atoms with E-state index in [4.69, 9.17) is 147 Å². The van der Waals surface area contributed by atoms with E-state index in [1.54, 1.807) is 35.6 Å². The minimum Gasteiger partial charge on any atom is -0.388 e. The standard InChI is InChI=1S/C74H140N6O37/c1-63-67(81)69(83)71(85)73(116-63)114-61-65-59-79(77-75-65)3-5-87-7-9-89-11-13-91-15-17-93-19-21-95-23-25-97-27-29-99-31-33-101-35-37-103-39-41-105-43-45-107-47-49-109-51-53-111-55-57-113-58-56-112-54-52-110-50-48-108-46-44-106-42-40-104-38-36-102-34-32-100-30-28-98-26-24-96-22-20-94-18-16-92-14-12-90-10-8-88-6-4-80-60-66(76-78-80)62-115-74-72(86)70(84)68(82)64(2)117-74/h59-60,63-64,67-74,81-86H,3-58,61-62H2,1-2H3/t63-,64?,67+,68+,69?,70?,71?,72+,73+,74+/m0/s1. The summed E-state index contributed by atoms with van der Waals surface area (Å²) >= 11 is 0. The molecule has 2 saturated heterocycles. The van der Waals surface area contributed by atoms with Crippen LogP contribution < -0.4 is 0 Å². The maximum Gasteiger partial charge on any atom is 0.186 e. The van der Waals surface area contributed by atoms with Gasteiger partial charge < -0.3 is 177 Å². The summed E-state index contributed by atoms with van der Waals surface area (Å²) in [5.74, 6) is 0. The Morgan fingerprint density at radius 1 is 0.222 bits per heavy atom. The van der Waals surface area contributed by atoms with Crippen LogP contribution in [0.25, 0.3) is 0 Å². The first-order valence-electron chi connectivity index (χ1n) is 40.6. The summed E-state index contributed by atoms with van der Waals surface area (Å²) in [7, 11) is 0. The number of aromatic nitrogens is 6. The van der Waals surface area contributed by atoms with E-state index in [0.29, 0.717) is 381 Å². The summed E-state index contributed by atoms with van der Waals surface area (Å²) in [4.78, 5) is 0. The van der Waals surface area contributed by atoms with E-state index in [2.05, 4.69) is 20.6 Å². The SMILES string of the molecule is CC1O[C@@H](OCc2cn(CCOCCOCCOCCOCCOCCOCCOCCOCCOCCOCCOCCOCCOCCOCCOCCOCCOCCOCCOCCOCCOCCOCCOCCOCCOCCOCCOCCn3cc(CO[C@@H]4O[C@@H](C)[C@@H](O)C(O)C4O)nn3)nn2)[C@H](O)C(O)[C@@H]1O. The molecular formula is C74H140N6O37. The lowest BCUT2D eigenvalue weighted by molar-refractivity contribution is -0.296. The predicted octanol–water partition coefficient (Wildman–Crippen LogP) is -3.29. The fourth-order valence-electron chi connectivity index (χ4n) is 9.80. The third-order valence-corrected chi connectivity index (χ3v) is 16.2. The molecule has 0 radical (unpaired) electrons. The van der Waals surface area contributed by atoms with Crippen molar-refractivity contribution >= 4 is 0 Å². The van der Waals surface area contributed by atoms with Gasteiger partial charge in [-0.25, -0.2) is 9.36 Å². The Morgan fingerprint density at radius 3 is 0.521 bits per heavy atom. The van der Waals surface area contributed by atoms with E-state index in [9.17, 15) is 30.6 Å². The molecule has 2 fully saturated rings. The fraction of sp³-hybridized carbons (Fsp3) is 0.946. The second kappa shape index (κ2) is 78.8. The van der Waals surface area contributed by atoms with Crippen LogP contribution >= 0.6 is 0 Å². The monoisotopic (exact) mass is 1700 g/mol. The summed E-state index contributed by atoms with van der Waals surface area (Å²) in [6.07, 6.45) is -8.07. The molecule has 10 atom stereocenters. The molecule has 0 bridgehead atoms.